The molecule has 1 fully saturated rings. The number of ether oxygens (including phenoxy) is 3. The van der Waals surface area contributed by atoms with E-state index in [1.54, 1.807) is 19.1 Å². The summed E-state index contributed by atoms with van der Waals surface area (Å²) in [4.78, 5) is 19.7. The minimum Gasteiger partial charge on any atom is -0.497 e. The number of anilines is 1. The van der Waals surface area contributed by atoms with Crippen molar-refractivity contribution in [1.82, 2.24) is 4.98 Å². The molecule has 3 aromatic rings. The molecule has 0 spiro atoms. The van der Waals surface area contributed by atoms with E-state index in [1.165, 1.54) is 11.3 Å². The molecule has 1 saturated heterocycles. The van der Waals surface area contributed by atoms with Gasteiger partial charge in [0.15, 0.2) is 5.13 Å². The van der Waals surface area contributed by atoms with Crippen LogP contribution in [0, 0.1) is 0 Å². The number of nitrogens with zero attached hydrogens (tertiary/aromatic N) is 2. The molecule has 2 heterocycles. The average Bonchev–Trinajstić information content (AvgIpc) is 3.41. The Balaban J connectivity index is 1.60. The number of methoxy groups -OCH3 is 2. The van der Waals surface area contributed by atoms with Gasteiger partial charge >= 0.3 is 0 Å². The number of thiazole rings is 1. The summed E-state index contributed by atoms with van der Waals surface area (Å²) < 4.78 is 17.3. The van der Waals surface area contributed by atoms with Gasteiger partial charge in [0.1, 0.15) is 11.5 Å². The number of amides is 1. The Morgan fingerprint density at radius 1 is 1.17 bits per heavy atom. The summed E-state index contributed by atoms with van der Waals surface area (Å²) >= 11 is 1.50. The first-order chi connectivity index (χ1) is 14.2. The lowest BCUT2D eigenvalue weighted by Gasteiger charge is -2.23. The molecule has 1 amide bonds. The van der Waals surface area contributed by atoms with E-state index in [9.17, 15) is 4.79 Å². The predicted molar refractivity (Wildman–Crippen MR) is 114 cm³/mol. The van der Waals surface area contributed by atoms with Gasteiger partial charge in [0.2, 0.25) is 5.91 Å². The molecule has 2 aromatic carbocycles. The molecular formula is C22H24N2O4S. The topological polar surface area (TPSA) is 60.9 Å². The van der Waals surface area contributed by atoms with Gasteiger partial charge < -0.3 is 14.2 Å². The van der Waals surface area contributed by atoms with Crippen LogP contribution in [-0.2, 0) is 16.0 Å². The van der Waals surface area contributed by atoms with Crippen molar-refractivity contribution in [1.29, 1.82) is 0 Å². The molecule has 1 aromatic heterocycles. The second-order valence-corrected chi connectivity index (χ2v) is 8.00. The van der Waals surface area contributed by atoms with Crippen LogP contribution in [0.5, 0.6) is 11.5 Å². The highest BCUT2D eigenvalue weighted by Crippen LogP contribution is 2.32. The molecular weight excluding hydrogens is 388 g/mol. The highest BCUT2D eigenvalue weighted by atomic mass is 32.1. The zero-order valence-electron chi connectivity index (χ0n) is 16.6. The van der Waals surface area contributed by atoms with Gasteiger partial charge in [0.25, 0.3) is 0 Å². The first-order valence-corrected chi connectivity index (χ1v) is 10.5. The lowest BCUT2D eigenvalue weighted by atomic mass is 10.1. The highest BCUT2D eigenvalue weighted by molar-refractivity contribution is 7.22. The molecule has 0 radical (unpaired) electrons. The fourth-order valence-electron chi connectivity index (χ4n) is 3.43. The van der Waals surface area contributed by atoms with Crippen LogP contribution in [0.2, 0.25) is 0 Å². The van der Waals surface area contributed by atoms with Crippen molar-refractivity contribution in [2.75, 3.05) is 32.3 Å². The molecule has 1 unspecified atom stereocenters. The fourth-order valence-corrected chi connectivity index (χ4v) is 4.45. The number of carbonyl (C=O) groups excluding carboxylic acids is 1. The third kappa shape index (κ3) is 4.52. The number of fused-ring (bicyclic) bond motifs is 1. The van der Waals surface area contributed by atoms with Crippen molar-refractivity contribution in [2.45, 2.75) is 25.4 Å². The second-order valence-electron chi connectivity index (χ2n) is 6.99. The first kappa shape index (κ1) is 19.7. The minimum absolute atomic E-state index is 0.0108. The standard InChI is InChI=1S/C22H24N2O4S/c1-26-16-7-5-15(6-8-16)12-21(25)24(14-18-4-3-11-28-18)22-23-19-10-9-17(27-2)13-20(19)29-22/h5-10,13,18H,3-4,11-12,14H2,1-2H3. The van der Waals surface area contributed by atoms with E-state index in [0.717, 1.165) is 46.7 Å². The molecule has 6 nitrogen and oxygen atoms in total. The average molecular weight is 413 g/mol. The molecule has 4 rings (SSSR count). The lowest BCUT2D eigenvalue weighted by Crippen LogP contribution is -2.38. The van der Waals surface area contributed by atoms with Gasteiger partial charge in [-0.15, -0.1) is 0 Å². The molecule has 0 aliphatic carbocycles. The molecule has 0 bridgehead atoms. The molecule has 152 valence electrons. The van der Waals surface area contributed by atoms with E-state index in [-0.39, 0.29) is 12.0 Å². The largest absolute Gasteiger partial charge is 0.497 e. The molecule has 1 atom stereocenters. The SMILES string of the molecule is COc1ccc(CC(=O)N(CC2CCCO2)c2nc3ccc(OC)cc3s2)cc1. The van der Waals surface area contributed by atoms with E-state index >= 15 is 0 Å². The number of carbonyl (C=O) groups is 1. The Morgan fingerprint density at radius 3 is 2.62 bits per heavy atom. The van der Waals surface area contributed by atoms with Gasteiger partial charge in [-0.25, -0.2) is 4.98 Å². The van der Waals surface area contributed by atoms with Gasteiger partial charge in [-0.05, 0) is 48.7 Å². The zero-order valence-corrected chi connectivity index (χ0v) is 17.4. The Hall–Kier alpha value is -2.64. The van der Waals surface area contributed by atoms with E-state index in [4.69, 9.17) is 19.2 Å². The molecule has 1 aliphatic heterocycles. The summed E-state index contributed by atoms with van der Waals surface area (Å²) in [5.74, 6) is 1.57. The van der Waals surface area contributed by atoms with Crippen molar-refractivity contribution in [3.05, 3.63) is 48.0 Å². The van der Waals surface area contributed by atoms with Crippen LogP contribution in [0.15, 0.2) is 42.5 Å². The van der Waals surface area contributed by atoms with Crippen LogP contribution in [0.25, 0.3) is 10.2 Å². The van der Waals surface area contributed by atoms with Crippen LogP contribution >= 0.6 is 11.3 Å². The number of aromatic nitrogens is 1. The first-order valence-electron chi connectivity index (χ1n) is 9.66. The highest BCUT2D eigenvalue weighted by Gasteiger charge is 2.26. The number of rotatable bonds is 7. The second kappa shape index (κ2) is 8.80. The van der Waals surface area contributed by atoms with E-state index in [1.807, 2.05) is 42.5 Å². The molecule has 0 N–H and O–H groups in total. The maximum atomic E-state index is 13.2. The quantitative estimate of drug-likeness (QED) is 0.585. The van der Waals surface area contributed by atoms with Gasteiger partial charge in [-0.1, -0.05) is 23.5 Å². The summed E-state index contributed by atoms with van der Waals surface area (Å²) in [5.41, 5.74) is 1.80. The summed E-state index contributed by atoms with van der Waals surface area (Å²) in [5, 5.41) is 0.697. The maximum absolute atomic E-state index is 13.2. The minimum atomic E-state index is 0.0108. The smallest absolute Gasteiger partial charge is 0.233 e. The van der Waals surface area contributed by atoms with E-state index in [2.05, 4.69) is 0 Å². The van der Waals surface area contributed by atoms with Crippen molar-refractivity contribution in [2.24, 2.45) is 0 Å². The van der Waals surface area contributed by atoms with Crippen molar-refractivity contribution < 1.29 is 19.0 Å². The van der Waals surface area contributed by atoms with Crippen LogP contribution in [0.1, 0.15) is 18.4 Å². The monoisotopic (exact) mass is 412 g/mol. The Morgan fingerprint density at radius 2 is 1.93 bits per heavy atom. The summed E-state index contributed by atoms with van der Waals surface area (Å²) in [7, 11) is 3.27. The Kier molecular flexibility index (Phi) is 5.97. The van der Waals surface area contributed by atoms with Crippen LogP contribution in [0.3, 0.4) is 0 Å². The fraction of sp³-hybridized carbons (Fsp3) is 0.364. The summed E-state index contributed by atoms with van der Waals surface area (Å²) in [6, 6.07) is 13.3. The number of hydrogen-bond donors (Lipinski definition) is 0. The lowest BCUT2D eigenvalue weighted by molar-refractivity contribution is -0.118. The number of hydrogen-bond acceptors (Lipinski definition) is 6. The number of benzene rings is 2. The van der Waals surface area contributed by atoms with E-state index < -0.39 is 0 Å². The van der Waals surface area contributed by atoms with Gasteiger partial charge in [-0.2, -0.15) is 0 Å². The predicted octanol–water partition coefficient (Wildman–Crippen LogP) is 4.07. The van der Waals surface area contributed by atoms with Crippen LogP contribution in [0.4, 0.5) is 5.13 Å². The zero-order chi connectivity index (χ0) is 20.2. The third-order valence-electron chi connectivity index (χ3n) is 5.04. The Labute approximate surface area is 174 Å². The molecule has 29 heavy (non-hydrogen) atoms. The maximum Gasteiger partial charge on any atom is 0.233 e. The Bertz CT molecular complexity index is 980. The van der Waals surface area contributed by atoms with E-state index in [0.29, 0.717) is 18.1 Å². The van der Waals surface area contributed by atoms with Crippen molar-refractivity contribution in [3.8, 4) is 11.5 Å². The van der Waals surface area contributed by atoms with Crippen molar-refractivity contribution in [3.63, 3.8) is 0 Å². The van der Waals surface area contributed by atoms with Crippen LogP contribution in [-0.4, -0.2) is 44.4 Å². The van der Waals surface area contributed by atoms with Crippen molar-refractivity contribution >= 4 is 32.6 Å². The summed E-state index contributed by atoms with van der Waals surface area (Å²) in [6.45, 7) is 1.27. The molecule has 1 aliphatic rings. The molecule has 0 saturated carbocycles. The summed E-state index contributed by atoms with van der Waals surface area (Å²) in [6.07, 6.45) is 2.35. The van der Waals surface area contributed by atoms with Gasteiger partial charge in [0, 0.05) is 6.61 Å². The van der Waals surface area contributed by atoms with Gasteiger partial charge in [-0.3, -0.25) is 9.69 Å². The molecule has 7 heteroatoms. The normalized spacial score (nSPS) is 16.1. The van der Waals surface area contributed by atoms with Crippen LogP contribution < -0.4 is 14.4 Å². The van der Waals surface area contributed by atoms with Gasteiger partial charge in [0.05, 0.1) is 43.5 Å². The third-order valence-corrected chi connectivity index (χ3v) is 6.08.